The predicted molar refractivity (Wildman–Crippen MR) is 135 cm³/mol. The monoisotopic (exact) mass is 536 g/mol. The molecule has 1 saturated heterocycles. The number of nitrogen functional groups attached to an aromatic ring is 1. The third-order valence-electron chi connectivity index (χ3n) is 5.96. The average Bonchev–Trinajstić information content (AvgIpc) is 3.26. The van der Waals surface area contributed by atoms with Gasteiger partial charge in [-0.3, -0.25) is 4.79 Å². The van der Waals surface area contributed by atoms with Gasteiger partial charge in [0.25, 0.3) is 5.91 Å². The molecule has 2 aromatic heterocycles. The second-order valence-electron chi connectivity index (χ2n) is 8.28. The number of piperidine rings is 1. The van der Waals surface area contributed by atoms with Crippen LogP contribution in [-0.4, -0.2) is 43.6 Å². The summed E-state index contributed by atoms with van der Waals surface area (Å²) < 4.78 is 21.1. The van der Waals surface area contributed by atoms with E-state index in [4.69, 9.17) is 15.6 Å². The smallest absolute Gasteiger partial charge is 0.260 e. The second-order valence-corrected chi connectivity index (χ2v) is 9.24. The number of carbonyl (C=O) groups is 1. The van der Waals surface area contributed by atoms with Crippen LogP contribution in [0.5, 0.6) is 11.5 Å². The summed E-state index contributed by atoms with van der Waals surface area (Å²) in [5.74, 6) is 1.02. The highest BCUT2D eigenvalue weighted by Crippen LogP contribution is 2.35. The zero-order chi connectivity index (χ0) is 24.5. The van der Waals surface area contributed by atoms with Gasteiger partial charge in [0, 0.05) is 18.7 Å². The van der Waals surface area contributed by atoms with Gasteiger partial charge >= 0.3 is 0 Å². The van der Waals surface area contributed by atoms with Crippen molar-refractivity contribution in [1.29, 1.82) is 0 Å². The lowest BCUT2D eigenvalue weighted by atomic mass is 10.1. The first-order valence-electron chi connectivity index (χ1n) is 11.1. The minimum atomic E-state index is -0.322. The van der Waals surface area contributed by atoms with Crippen molar-refractivity contribution in [3.63, 3.8) is 0 Å². The fourth-order valence-corrected chi connectivity index (χ4v) is 4.53. The van der Waals surface area contributed by atoms with E-state index in [-0.39, 0.29) is 17.8 Å². The lowest BCUT2D eigenvalue weighted by Gasteiger charge is -2.32. The third kappa shape index (κ3) is 4.61. The van der Waals surface area contributed by atoms with Gasteiger partial charge in [0.05, 0.1) is 15.9 Å². The first-order chi connectivity index (χ1) is 16.9. The molecule has 3 heterocycles. The van der Waals surface area contributed by atoms with Gasteiger partial charge in [-0.05, 0) is 77.3 Å². The molecule has 5 rings (SSSR count). The van der Waals surface area contributed by atoms with Crippen LogP contribution in [-0.2, 0) is 4.79 Å². The molecule has 1 atom stereocenters. The number of ether oxygens (including phenoxy) is 1. The maximum absolute atomic E-state index is 13.1. The summed E-state index contributed by atoms with van der Waals surface area (Å²) in [4.78, 5) is 22.9. The molecule has 4 aromatic rings. The van der Waals surface area contributed by atoms with Crippen molar-refractivity contribution in [1.82, 2.24) is 24.6 Å². The Bertz CT molecular complexity index is 1400. The van der Waals surface area contributed by atoms with E-state index in [0.717, 1.165) is 18.4 Å². The van der Waals surface area contributed by atoms with E-state index in [0.29, 0.717) is 51.6 Å². The fourth-order valence-electron chi connectivity index (χ4n) is 4.28. The van der Waals surface area contributed by atoms with Gasteiger partial charge in [-0.2, -0.15) is 5.10 Å². The van der Waals surface area contributed by atoms with Crippen LogP contribution in [0.15, 0.2) is 65.9 Å². The Morgan fingerprint density at radius 1 is 1.11 bits per heavy atom. The number of aromatic nitrogens is 4. The molecule has 1 amide bonds. The van der Waals surface area contributed by atoms with Crippen LogP contribution < -0.4 is 10.5 Å². The molecule has 2 aromatic carbocycles. The number of carbonyl (C=O) groups excluding carboxylic acids is 1. The van der Waals surface area contributed by atoms with Crippen molar-refractivity contribution in [2.45, 2.75) is 18.9 Å². The van der Waals surface area contributed by atoms with Crippen LogP contribution >= 0.6 is 15.9 Å². The molecule has 8 nitrogen and oxygen atoms in total. The number of amides is 1. The van der Waals surface area contributed by atoms with Crippen molar-refractivity contribution in [3.8, 4) is 22.8 Å². The van der Waals surface area contributed by atoms with Crippen molar-refractivity contribution in [2.75, 3.05) is 18.8 Å². The number of hydrogen-bond donors (Lipinski definition) is 1. The zero-order valence-electron chi connectivity index (χ0n) is 18.7. The van der Waals surface area contributed by atoms with E-state index in [2.05, 4.69) is 32.5 Å². The first-order valence-corrected chi connectivity index (χ1v) is 11.9. The van der Waals surface area contributed by atoms with Gasteiger partial charge < -0.3 is 15.4 Å². The zero-order valence-corrected chi connectivity index (χ0v) is 20.3. The molecular weight excluding hydrogens is 515 g/mol. The summed E-state index contributed by atoms with van der Waals surface area (Å²) in [7, 11) is 0. The maximum Gasteiger partial charge on any atom is 0.260 e. The van der Waals surface area contributed by atoms with Crippen LogP contribution in [0.3, 0.4) is 0 Å². The van der Waals surface area contributed by atoms with Crippen molar-refractivity contribution < 1.29 is 13.9 Å². The molecule has 1 fully saturated rings. The lowest BCUT2D eigenvalue weighted by Crippen LogP contribution is -2.41. The van der Waals surface area contributed by atoms with Crippen LogP contribution in [0.1, 0.15) is 18.9 Å². The molecule has 1 aliphatic heterocycles. The van der Waals surface area contributed by atoms with E-state index in [1.807, 2.05) is 28.9 Å². The number of halogens is 2. The number of anilines is 1. The van der Waals surface area contributed by atoms with Crippen molar-refractivity contribution >= 4 is 38.7 Å². The predicted octanol–water partition coefficient (Wildman–Crippen LogP) is 5.08. The molecule has 0 spiro atoms. The standard InChI is InChI=1S/C25H22BrFN6O2/c1-15(26)25(34)32-12-2-3-18(13-32)33-24-21(23(28)29-14-30-24)22(31-33)16-4-8-19(9-5-16)35-20-10-6-17(27)7-11-20/h4-11,14,18H,1-3,12-13H2,(H2,28,29,30). The molecular formula is C25H22BrFN6O2. The van der Waals surface area contributed by atoms with Gasteiger partial charge in [-0.15, -0.1) is 0 Å². The van der Waals surface area contributed by atoms with Gasteiger partial charge in [0.15, 0.2) is 5.65 Å². The topological polar surface area (TPSA) is 99.2 Å². The molecule has 35 heavy (non-hydrogen) atoms. The number of hydrogen-bond acceptors (Lipinski definition) is 6. The van der Waals surface area contributed by atoms with E-state index in [9.17, 15) is 9.18 Å². The summed E-state index contributed by atoms with van der Waals surface area (Å²) in [6, 6.07) is 13.1. The summed E-state index contributed by atoms with van der Waals surface area (Å²) in [5, 5.41) is 5.55. The number of benzene rings is 2. The summed E-state index contributed by atoms with van der Waals surface area (Å²) >= 11 is 3.19. The van der Waals surface area contributed by atoms with E-state index in [1.165, 1.54) is 18.5 Å². The Labute approximate surface area is 209 Å². The quantitative estimate of drug-likeness (QED) is 0.357. The van der Waals surface area contributed by atoms with Crippen LogP contribution in [0.2, 0.25) is 0 Å². The highest BCUT2D eigenvalue weighted by molar-refractivity contribution is 9.12. The molecule has 0 bridgehead atoms. The number of fused-ring (bicyclic) bond motifs is 1. The fraction of sp³-hybridized carbons (Fsp3) is 0.200. The van der Waals surface area contributed by atoms with Crippen LogP contribution in [0.25, 0.3) is 22.3 Å². The number of rotatable bonds is 5. The highest BCUT2D eigenvalue weighted by atomic mass is 79.9. The average molecular weight is 537 g/mol. The Balaban J connectivity index is 1.48. The number of nitrogens with zero attached hydrogens (tertiary/aromatic N) is 5. The largest absolute Gasteiger partial charge is 0.457 e. The molecule has 0 aliphatic carbocycles. The number of nitrogens with two attached hydrogens (primary N) is 1. The Morgan fingerprint density at radius 2 is 1.80 bits per heavy atom. The Morgan fingerprint density at radius 3 is 2.49 bits per heavy atom. The molecule has 0 saturated carbocycles. The van der Waals surface area contributed by atoms with E-state index in [1.54, 1.807) is 17.0 Å². The van der Waals surface area contributed by atoms with Crippen molar-refractivity contribution in [3.05, 3.63) is 71.7 Å². The molecule has 10 heteroatoms. The van der Waals surface area contributed by atoms with Crippen LogP contribution in [0.4, 0.5) is 10.2 Å². The maximum atomic E-state index is 13.1. The van der Waals surface area contributed by atoms with Crippen molar-refractivity contribution in [2.24, 2.45) is 0 Å². The SMILES string of the molecule is C=C(Br)C(=O)N1CCCC(n2nc(-c3ccc(Oc4ccc(F)cc4)cc3)c3c(N)ncnc32)C1. The van der Waals surface area contributed by atoms with Crippen LogP contribution in [0, 0.1) is 5.82 Å². The summed E-state index contributed by atoms with van der Waals surface area (Å²) in [5.41, 5.74) is 8.35. The lowest BCUT2D eigenvalue weighted by molar-refractivity contribution is -0.127. The Kier molecular flexibility index (Phi) is 6.21. The van der Waals surface area contributed by atoms with E-state index < -0.39 is 0 Å². The van der Waals surface area contributed by atoms with Gasteiger partial charge in [0.1, 0.15) is 35.2 Å². The van der Waals surface area contributed by atoms with Gasteiger partial charge in [-0.1, -0.05) is 6.58 Å². The highest BCUT2D eigenvalue weighted by Gasteiger charge is 2.29. The molecule has 1 aliphatic rings. The molecule has 0 radical (unpaired) electrons. The minimum Gasteiger partial charge on any atom is -0.457 e. The minimum absolute atomic E-state index is 0.0637. The molecule has 2 N–H and O–H groups in total. The molecule has 1 unspecified atom stereocenters. The normalized spacial score (nSPS) is 15.8. The first kappa shape index (κ1) is 23.0. The summed E-state index contributed by atoms with van der Waals surface area (Å²) in [6.07, 6.45) is 3.11. The third-order valence-corrected chi connectivity index (χ3v) is 6.30. The number of likely N-dealkylation sites (tertiary alicyclic amines) is 1. The van der Waals surface area contributed by atoms with Gasteiger partial charge in [0.2, 0.25) is 0 Å². The molecule has 178 valence electrons. The Hall–Kier alpha value is -3.79. The summed E-state index contributed by atoms with van der Waals surface area (Å²) in [6.45, 7) is 4.87. The van der Waals surface area contributed by atoms with E-state index >= 15 is 0 Å². The second kappa shape index (κ2) is 9.46. The van der Waals surface area contributed by atoms with Gasteiger partial charge in [-0.25, -0.2) is 19.0 Å².